The van der Waals surface area contributed by atoms with E-state index in [1.807, 2.05) is 60.7 Å². The van der Waals surface area contributed by atoms with Crippen molar-refractivity contribution in [3.05, 3.63) is 152 Å². The summed E-state index contributed by atoms with van der Waals surface area (Å²) < 4.78 is 6.41. The van der Waals surface area contributed by atoms with Crippen LogP contribution in [0.2, 0.25) is 0 Å². The van der Waals surface area contributed by atoms with Crippen LogP contribution in [-0.2, 0) is 0 Å². The fraction of sp³-hybridized carbons (Fsp3) is 0. The van der Waals surface area contributed by atoms with Gasteiger partial charge in [-0.3, -0.25) is 0 Å². The summed E-state index contributed by atoms with van der Waals surface area (Å²) in [4.78, 5) is 14.9. The minimum Gasteiger partial charge on any atom is -0.456 e. The number of rotatable bonds is 4. The summed E-state index contributed by atoms with van der Waals surface area (Å²) in [6.45, 7) is 0. The molecular weight excluding hydrogens is 550 g/mol. The smallest absolute Gasteiger partial charge is 0.164 e. The Morgan fingerprint density at radius 1 is 0.356 bits per heavy atom. The Morgan fingerprint density at radius 3 is 1.60 bits per heavy atom. The van der Waals surface area contributed by atoms with Crippen molar-refractivity contribution in [3.63, 3.8) is 0 Å². The lowest BCUT2D eigenvalue weighted by molar-refractivity contribution is 0.669. The summed E-state index contributed by atoms with van der Waals surface area (Å²) in [7, 11) is 0. The molecule has 0 bridgehead atoms. The average molecular weight is 576 g/mol. The highest BCUT2D eigenvalue weighted by atomic mass is 16.3. The van der Waals surface area contributed by atoms with E-state index in [0.29, 0.717) is 17.5 Å². The number of hydrogen-bond acceptors (Lipinski definition) is 4. The first kappa shape index (κ1) is 25.4. The van der Waals surface area contributed by atoms with E-state index < -0.39 is 0 Å². The number of aromatic nitrogens is 3. The topological polar surface area (TPSA) is 51.8 Å². The lowest BCUT2D eigenvalue weighted by Crippen LogP contribution is -2.00. The van der Waals surface area contributed by atoms with Crippen LogP contribution in [0.4, 0.5) is 0 Å². The molecule has 0 saturated heterocycles. The van der Waals surface area contributed by atoms with Gasteiger partial charge in [0, 0.05) is 27.5 Å². The Bertz CT molecular complexity index is 2480. The fourth-order valence-corrected chi connectivity index (χ4v) is 6.39. The van der Waals surface area contributed by atoms with Gasteiger partial charge in [-0.15, -0.1) is 0 Å². The van der Waals surface area contributed by atoms with Gasteiger partial charge in [-0.1, -0.05) is 127 Å². The van der Waals surface area contributed by atoms with Crippen molar-refractivity contribution in [3.8, 4) is 45.3 Å². The number of hydrogen-bond donors (Lipinski definition) is 0. The zero-order chi connectivity index (χ0) is 29.7. The molecular formula is C41H25N3O. The molecule has 0 atom stereocenters. The van der Waals surface area contributed by atoms with Crippen molar-refractivity contribution in [2.45, 2.75) is 0 Å². The Labute approximate surface area is 259 Å². The Morgan fingerprint density at radius 2 is 0.911 bits per heavy atom. The number of fused-ring (bicyclic) bond motifs is 5. The minimum absolute atomic E-state index is 0.642. The maximum Gasteiger partial charge on any atom is 0.164 e. The van der Waals surface area contributed by atoms with E-state index in [9.17, 15) is 0 Å². The van der Waals surface area contributed by atoms with Crippen LogP contribution in [0.15, 0.2) is 156 Å². The minimum atomic E-state index is 0.642. The van der Waals surface area contributed by atoms with Gasteiger partial charge in [0.05, 0.1) is 0 Å². The first-order valence-electron chi connectivity index (χ1n) is 15.0. The van der Waals surface area contributed by atoms with Crippen molar-refractivity contribution in [1.29, 1.82) is 0 Å². The highest BCUT2D eigenvalue weighted by molar-refractivity contribution is 6.18. The van der Waals surface area contributed by atoms with Gasteiger partial charge < -0.3 is 4.42 Å². The molecule has 0 spiro atoms. The van der Waals surface area contributed by atoms with Crippen LogP contribution in [0, 0.1) is 0 Å². The van der Waals surface area contributed by atoms with E-state index in [1.165, 1.54) is 10.8 Å². The first-order chi connectivity index (χ1) is 22.3. The number of furan rings is 1. The molecule has 0 saturated carbocycles. The van der Waals surface area contributed by atoms with Gasteiger partial charge >= 0.3 is 0 Å². The highest BCUT2D eigenvalue weighted by Crippen LogP contribution is 2.42. The predicted molar refractivity (Wildman–Crippen MR) is 184 cm³/mol. The molecule has 7 aromatic carbocycles. The van der Waals surface area contributed by atoms with E-state index in [1.54, 1.807) is 0 Å². The quantitative estimate of drug-likeness (QED) is 0.209. The molecule has 0 fully saturated rings. The van der Waals surface area contributed by atoms with E-state index in [4.69, 9.17) is 19.4 Å². The zero-order valence-corrected chi connectivity index (χ0v) is 24.2. The Kier molecular flexibility index (Phi) is 5.78. The third-order valence-electron chi connectivity index (χ3n) is 8.52. The molecule has 45 heavy (non-hydrogen) atoms. The van der Waals surface area contributed by atoms with Crippen LogP contribution in [0.1, 0.15) is 0 Å². The second-order valence-electron chi connectivity index (χ2n) is 11.2. The van der Waals surface area contributed by atoms with Crippen molar-refractivity contribution in [2.75, 3.05) is 0 Å². The molecule has 9 aromatic rings. The molecule has 4 nitrogen and oxygen atoms in total. The zero-order valence-electron chi connectivity index (χ0n) is 24.2. The van der Waals surface area contributed by atoms with Gasteiger partial charge in [0.25, 0.3) is 0 Å². The molecule has 0 unspecified atom stereocenters. The summed E-state index contributed by atoms with van der Waals surface area (Å²) >= 11 is 0. The van der Waals surface area contributed by atoms with Gasteiger partial charge in [-0.05, 0) is 56.9 Å². The van der Waals surface area contributed by atoms with Crippen LogP contribution in [-0.4, -0.2) is 15.0 Å². The summed E-state index contributed by atoms with van der Waals surface area (Å²) in [5.41, 5.74) is 6.90. The van der Waals surface area contributed by atoms with Crippen LogP contribution >= 0.6 is 0 Å². The summed E-state index contributed by atoms with van der Waals surface area (Å²) in [6.07, 6.45) is 0. The summed E-state index contributed by atoms with van der Waals surface area (Å²) in [5, 5.41) is 6.80. The molecule has 0 radical (unpaired) electrons. The fourth-order valence-electron chi connectivity index (χ4n) is 6.39. The lowest BCUT2D eigenvalue weighted by Gasteiger charge is -2.13. The van der Waals surface area contributed by atoms with E-state index >= 15 is 0 Å². The molecule has 0 N–H and O–H groups in total. The molecule has 0 aliphatic heterocycles. The van der Waals surface area contributed by atoms with E-state index in [-0.39, 0.29) is 0 Å². The van der Waals surface area contributed by atoms with Crippen molar-refractivity contribution in [2.24, 2.45) is 0 Å². The molecule has 4 heteroatoms. The third-order valence-corrected chi connectivity index (χ3v) is 8.52. The first-order valence-corrected chi connectivity index (χ1v) is 15.0. The van der Waals surface area contributed by atoms with Gasteiger partial charge in [-0.2, -0.15) is 0 Å². The molecule has 2 heterocycles. The molecule has 0 amide bonds. The lowest BCUT2D eigenvalue weighted by atomic mass is 9.92. The second kappa shape index (κ2) is 10.2. The Hall–Kier alpha value is -6.13. The van der Waals surface area contributed by atoms with Crippen molar-refractivity contribution < 1.29 is 4.42 Å². The maximum atomic E-state index is 6.41. The van der Waals surface area contributed by atoms with E-state index in [0.717, 1.165) is 60.5 Å². The molecule has 2 aromatic heterocycles. The van der Waals surface area contributed by atoms with Crippen LogP contribution in [0.5, 0.6) is 0 Å². The maximum absolute atomic E-state index is 6.41. The van der Waals surface area contributed by atoms with Gasteiger partial charge in [0.2, 0.25) is 0 Å². The number of nitrogens with zero attached hydrogens (tertiary/aromatic N) is 3. The van der Waals surface area contributed by atoms with Crippen LogP contribution < -0.4 is 0 Å². The normalized spacial score (nSPS) is 11.6. The monoisotopic (exact) mass is 575 g/mol. The molecule has 210 valence electrons. The molecule has 0 aliphatic carbocycles. The molecule has 0 aliphatic rings. The Balaban J connectivity index is 1.28. The summed E-state index contributed by atoms with van der Waals surface area (Å²) in [6, 6.07) is 52.2. The second-order valence-corrected chi connectivity index (χ2v) is 11.2. The van der Waals surface area contributed by atoms with Gasteiger partial charge in [0.15, 0.2) is 17.5 Å². The van der Waals surface area contributed by atoms with Crippen molar-refractivity contribution in [1.82, 2.24) is 15.0 Å². The standard InChI is InChI=1S/C41H25N3O/c1-3-12-26(13-4-1)39-42-40(27-14-5-2-6-15-27)44-41(43-39)34-23-22-32(30-18-9-10-19-31(30)34)33-20-11-21-36-38(33)35-24-28-16-7-8-17-29(28)25-37(35)45-36/h1-25H. The van der Waals surface area contributed by atoms with E-state index in [2.05, 4.69) is 91.0 Å². The SMILES string of the molecule is c1ccc(-c2nc(-c3ccccc3)nc(-c3ccc(-c4cccc5oc6cc7ccccc7cc6c45)c4ccccc34)n2)cc1. The predicted octanol–water partition coefficient (Wildman–Crippen LogP) is 10.7. The van der Waals surface area contributed by atoms with Gasteiger partial charge in [-0.25, -0.2) is 15.0 Å². The van der Waals surface area contributed by atoms with Crippen LogP contribution in [0.3, 0.4) is 0 Å². The molecule has 9 rings (SSSR count). The summed E-state index contributed by atoms with van der Waals surface area (Å²) in [5.74, 6) is 1.94. The van der Waals surface area contributed by atoms with Gasteiger partial charge in [0.1, 0.15) is 11.2 Å². The third kappa shape index (κ3) is 4.27. The van der Waals surface area contributed by atoms with Crippen LogP contribution in [0.25, 0.3) is 88.8 Å². The average Bonchev–Trinajstić information content (AvgIpc) is 3.48. The largest absolute Gasteiger partial charge is 0.456 e. The highest BCUT2D eigenvalue weighted by Gasteiger charge is 2.18. The number of benzene rings is 7. The van der Waals surface area contributed by atoms with Crippen molar-refractivity contribution >= 4 is 43.5 Å².